The predicted octanol–water partition coefficient (Wildman–Crippen LogP) is 3.58. The monoisotopic (exact) mass is 245 g/mol. The molecule has 5 atom stereocenters. The molecule has 5 fully saturated rings. The zero-order valence-corrected chi connectivity index (χ0v) is 11.9. The van der Waals surface area contributed by atoms with E-state index >= 15 is 0 Å². The number of hydrogen-bond acceptors (Lipinski definition) is 1. The molecule has 3 spiro atoms. The third-order valence-electron chi connectivity index (χ3n) is 9.02. The van der Waals surface area contributed by atoms with Crippen molar-refractivity contribution in [1.29, 1.82) is 0 Å². The molecular weight excluding hydrogens is 218 g/mol. The van der Waals surface area contributed by atoms with Crippen LogP contribution < -0.4 is 5.73 Å². The van der Waals surface area contributed by atoms with Gasteiger partial charge in [0.25, 0.3) is 0 Å². The summed E-state index contributed by atoms with van der Waals surface area (Å²) in [6, 6.07) is 0.495. The SMILES string of the molecule is CC1C(N)C(C)C2C1CC21C2(CCC2)C12CCC2. The number of rotatable bonds is 0. The van der Waals surface area contributed by atoms with Crippen molar-refractivity contribution in [3.05, 3.63) is 0 Å². The Morgan fingerprint density at radius 2 is 1.44 bits per heavy atom. The summed E-state index contributed by atoms with van der Waals surface area (Å²) in [7, 11) is 0. The van der Waals surface area contributed by atoms with Crippen LogP contribution in [0.5, 0.6) is 0 Å². The smallest absolute Gasteiger partial charge is 0.00960 e. The van der Waals surface area contributed by atoms with E-state index < -0.39 is 0 Å². The molecule has 5 rings (SSSR count). The third kappa shape index (κ3) is 0.690. The van der Waals surface area contributed by atoms with Crippen LogP contribution in [0.2, 0.25) is 0 Å². The van der Waals surface area contributed by atoms with Crippen LogP contribution in [0.25, 0.3) is 0 Å². The summed E-state index contributed by atoms with van der Waals surface area (Å²) in [5.74, 6) is 3.61. The molecule has 0 bridgehead atoms. The fourth-order valence-electron chi connectivity index (χ4n) is 8.10. The zero-order chi connectivity index (χ0) is 12.3. The topological polar surface area (TPSA) is 26.0 Å². The highest BCUT2D eigenvalue weighted by Crippen LogP contribution is 3.00. The second-order valence-corrected chi connectivity index (χ2v) is 8.53. The molecular formula is C17H27N. The Kier molecular flexibility index (Phi) is 1.61. The minimum absolute atomic E-state index is 0.495. The summed E-state index contributed by atoms with van der Waals surface area (Å²) in [5, 5.41) is 0. The molecule has 0 aliphatic heterocycles. The average Bonchev–Trinajstić information content (AvgIpc) is 2.78. The van der Waals surface area contributed by atoms with E-state index in [1.807, 2.05) is 0 Å². The Labute approximate surface area is 111 Å². The Morgan fingerprint density at radius 3 is 1.83 bits per heavy atom. The van der Waals surface area contributed by atoms with Crippen LogP contribution in [-0.4, -0.2) is 6.04 Å². The molecule has 0 aromatic carbocycles. The van der Waals surface area contributed by atoms with Gasteiger partial charge in [-0.1, -0.05) is 26.7 Å². The lowest BCUT2D eigenvalue weighted by molar-refractivity contribution is -0.0413. The molecule has 2 N–H and O–H groups in total. The van der Waals surface area contributed by atoms with Gasteiger partial charge in [-0.3, -0.25) is 0 Å². The molecule has 0 heterocycles. The predicted molar refractivity (Wildman–Crippen MR) is 72.9 cm³/mol. The van der Waals surface area contributed by atoms with Gasteiger partial charge in [0.05, 0.1) is 0 Å². The van der Waals surface area contributed by atoms with Crippen LogP contribution in [0.3, 0.4) is 0 Å². The Bertz CT molecular complexity index is 387. The van der Waals surface area contributed by atoms with Crippen molar-refractivity contribution in [3.8, 4) is 0 Å². The molecule has 5 unspecified atom stereocenters. The third-order valence-corrected chi connectivity index (χ3v) is 9.02. The highest BCUT2D eigenvalue weighted by molar-refractivity contribution is 5.42. The van der Waals surface area contributed by atoms with Crippen molar-refractivity contribution < 1.29 is 0 Å². The summed E-state index contributed by atoms with van der Waals surface area (Å²) in [5.41, 5.74) is 8.99. The molecule has 0 amide bonds. The Balaban J connectivity index is 1.56. The van der Waals surface area contributed by atoms with Gasteiger partial charge < -0.3 is 5.73 Å². The standard InChI is InChI=1S/C17H27N/c1-10-12-9-17(13(12)11(2)14(10)18)15(5-3-6-15)16(17)7-4-8-16/h10-14H,3-9,18H2,1-2H3. The van der Waals surface area contributed by atoms with Crippen LogP contribution in [0.1, 0.15) is 58.8 Å². The molecule has 5 aliphatic carbocycles. The first-order valence-electron chi connectivity index (χ1n) is 8.37. The summed E-state index contributed by atoms with van der Waals surface area (Å²) in [6.45, 7) is 4.91. The van der Waals surface area contributed by atoms with Gasteiger partial charge in [0.15, 0.2) is 0 Å². The quantitative estimate of drug-likeness (QED) is 0.693. The van der Waals surface area contributed by atoms with Crippen molar-refractivity contribution in [2.75, 3.05) is 0 Å². The van der Waals surface area contributed by atoms with Crippen LogP contribution in [0.4, 0.5) is 0 Å². The number of hydrogen-bond donors (Lipinski definition) is 1. The number of fused-ring (bicyclic) bond motifs is 5. The minimum Gasteiger partial charge on any atom is -0.327 e. The molecule has 18 heavy (non-hydrogen) atoms. The average molecular weight is 245 g/mol. The molecule has 100 valence electrons. The minimum atomic E-state index is 0.495. The van der Waals surface area contributed by atoms with Crippen molar-refractivity contribution >= 4 is 0 Å². The molecule has 0 radical (unpaired) electrons. The lowest BCUT2D eigenvalue weighted by Crippen LogP contribution is -2.46. The fraction of sp³-hybridized carbons (Fsp3) is 1.00. The molecule has 5 aliphatic rings. The van der Waals surface area contributed by atoms with E-state index in [4.69, 9.17) is 5.73 Å². The van der Waals surface area contributed by atoms with Gasteiger partial charge >= 0.3 is 0 Å². The first-order valence-corrected chi connectivity index (χ1v) is 8.37. The van der Waals surface area contributed by atoms with Crippen molar-refractivity contribution in [1.82, 2.24) is 0 Å². The largest absolute Gasteiger partial charge is 0.327 e. The molecule has 1 nitrogen and oxygen atoms in total. The molecule has 0 aromatic heterocycles. The van der Waals surface area contributed by atoms with Gasteiger partial charge in [0.2, 0.25) is 0 Å². The van der Waals surface area contributed by atoms with Crippen molar-refractivity contribution in [2.45, 2.75) is 64.8 Å². The summed E-state index contributed by atoms with van der Waals surface area (Å²) >= 11 is 0. The lowest BCUT2D eigenvalue weighted by Gasteiger charge is -2.52. The van der Waals surface area contributed by atoms with E-state index in [-0.39, 0.29) is 0 Å². The van der Waals surface area contributed by atoms with E-state index in [1.54, 1.807) is 32.1 Å². The van der Waals surface area contributed by atoms with Gasteiger partial charge in [0, 0.05) is 6.04 Å². The summed E-state index contributed by atoms with van der Waals surface area (Å²) in [4.78, 5) is 0. The van der Waals surface area contributed by atoms with Gasteiger partial charge in [-0.25, -0.2) is 0 Å². The van der Waals surface area contributed by atoms with Crippen LogP contribution in [0.15, 0.2) is 0 Å². The fourth-order valence-corrected chi connectivity index (χ4v) is 8.10. The first-order chi connectivity index (χ1) is 8.61. The van der Waals surface area contributed by atoms with Gasteiger partial charge in [-0.15, -0.1) is 0 Å². The van der Waals surface area contributed by atoms with E-state index in [2.05, 4.69) is 13.8 Å². The van der Waals surface area contributed by atoms with E-state index in [0.717, 1.165) is 39.9 Å². The van der Waals surface area contributed by atoms with E-state index in [1.165, 1.54) is 12.8 Å². The summed E-state index contributed by atoms with van der Waals surface area (Å²) in [6.07, 6.45) is 10.9. The highest BCUT2D eigenvalue weighted by Gasteiger charge is 2.94. The second-order valence-electron chi connectivity index (χ2n) is 8.53. The van der Waals surface area contributed by atoms with Crippen molar-refractivity contribution in [2.24, 2.45) is 45.7 Å². The Hall–Kier alpha value is -0.0400. The van der Waals surface area contributed by atoms with Crippen LogP contribution >= 0.6 is 0 Å². The maximum atomic E-state index is 6.49. The Morgan fingerprint density at radius 1 is 0.889 bits per heavy atom. The highest BCUT2D eigenvalue weighted by atomic mass is 15.0. The first kappa shape index (κ1) is 10.7. The van der Waals surface area contributed by atoms with Crippen LogP contribution in [-0.2, 0) is 0 Å². The lowest BCUT2D eigenvalue weighted by atomic mass is 9.52. The van der Waals surface area contributed by atoms with Crippen LogP contribution in [0, 0.1) is 39.9 Å². The molecule has 5 saturated carbocycles. The summed E-state index contributed by atoms with van der Waals surface area (Å²) < 4.78 is 0. The number of nitrogens with two attached hydrogens (primary N) is 1. The second kappa shape index (κ2) is 2.71. The zero-order valence-electron chi connectivity index (χ0n) is 11.9. The van der Waals surface area contributed by atoms with Crippen molar-refractivity contribution in [3.63, 3.8) is 0 Å². The van der Waals surface area contributed by atoms with E-state index in [0.29, 0.717) is 6.04 Å². The molecule has 1 heteroatoms. The van der Waals surface area contributed by atoms with Gasteiger partial charge in [-0.05, 0) is 72.0 Å². The maximum Gasteiger partial charge on any atom is 0.00960 e. The normalized spacial score (nSPS) is 55.8. The van der Waals surface area contributed by atoms with Gasteiger partial charge in [-0.2, -0.15) is 0 Å². The molecule has 0 saturated heterocycles. The maximum absolute atomic E-state index is 6.49. The van der Waals surface area contributed by atoms with Gasteiger partial charge in [0.1, 0.15) is 0 Å². The van der Waals surface area contributed by atoms with E-state index in [9.17, 15) is 0 Å². The molecule has 0 aromatic rings.